The van der Waals surface area contributed by atoms with Crippen LogP contribution in [0.3, 0.4) is 0 Å². The number of non-ortho nitro benzene ring substituents is 2. The third kappa shape index (κ3) is 5.08. The minimum absolute atomic E-state index is 0.118. The third-order valence-electron chi connectivity index (χ3n) is 4.39. The Morgan fingerprint density at radius 3 is 1.35 bits per heavy atom. The maximum Gasteiger partial charge on any atom is 0.269 e. The van der Waals surface area contributed by atoms with Crippen molar-refractivity contribution in [3.05, 3.63) is 90.6 Å². The van der Waals surface area contributed by atoms with E-state index in [0.717, 1.165) is 0 Å². The number of nitrogens with one attached hydrogen (secondary N) is 2. The number of rotatable bonds is 7. The molecule has 0 saturated carbocycles. The third-order valence-corrected chi connectivity index (χ3v) is 5.91. The first kappa shape index (κ1) is 22.6. The van der Waals surface area contributed by atoms with Gasteiger partial charge in [0.2, 0.25) is 0 Å². The molecule has 0 aliphatic carbocycles. The lowest BCUT2D eigenvalue weighted by atomic mass is 10.2. The summed E-state index contributed by atoms with van der Waals surface area (Å²) in [4.78, 5) is 53.7. The zero-order chi connectivity index (χ0) is 24.2. The van der Waals surface area contributed by atoms with Crippen LogP contribution in [-0.2, 0) is 0 Å². The molecule has 2 N–H and O–H groups in total. The highest BCUT2D eigenvalue weighted by Crippen LogP contribution is 2.28. The number of benzene rings is 2. The highest BCUT2D eigenvalue weighted by atomic mass is 32.1. The van der Waals surface area contributed by atoms with Gasteiger partial charge in [0, 0.05) is 46.2 Å². The fourth-order valence-corrected chi connectivity index (χ4v) is 4.10. The Bertz CT molecular complexity index is 1290. The number of nitrogens with zero attached hydrogens (tertiary/aromatic N) is 4. The van der Waals surface area contributed by atoms with Gasteiger partial charge in [-0.1, -0.05) is 0 Å². The second-order valence-electron chi connectivity index (χ2n) is 6.59. The predicted octanol–water partition coefficient (Wildman–Crippen LogP) is 4.59. The smallest absolute Gasteiger partial charge is 0.269 e. The number of aromatic nitrogens is 2. The van der Waals surface area contributed by atoms with Gasteiger partial charge in [-0.25, -0.2) is 9.97 Å². The first-order valence-electron chi connectivity index (χ1n) is 9.33. The molecular weight excluding hydrogens is 484 g/mol. The van der Waals surface area contributed by atoms with E-state index < -0.39 is 21.7 Å². The lowest BCUT2D eigenvalue weighted by Crippen LogP contribution is -2.11. The number of hydrogen-bond donors (Lipinski definition) is 2. The van der Waals surface area contributed by atoms with Gasteiger partial charge in [0.25, 0.3) is 23.2 Å². The summed E-state index contributed by atoms with van der Waals surface area (Å²) in [7, 11) is 0. The van der Waals surface area contributed by atoms with Crippen LogP contribution in [-0.4, -0.2) is 31.6 Å². The van der Waals surface area contributed by atoms with Crippen molar-refractivity contribution in [2.45, 2.75) is 0 Å². The zero-order valence-corrected chi connectivity index (χ0v) is 18.5. The summed E-state index contributed by atoms with van der Waals surface area (Å²) in [5.41, 5.74) is 1.22. The molecule has 0 saturated heterocycles. The number of amides is 2. The van der Waals surface area contributed by atoms with Crippen molar-refractivity contribution in [3.8, 4) is 11.4 Å². The van der Waals surface area contributed by atoms with Crippen LogP contribution >= 0.6 is 22.7 Å². The lowest BCUT2D eigenvalue weighted by molar-refractivity contribution is -0.385. The molecule has 2 amide bonds. The van der Waals surface area contributed by atoms with Crippen molar-refractivity contribution in [1.82, 2.24) is 9.97 Å². The molecule has 0 fully saturated rings. The summed E-state index contributed by atoms with van der Waals surface area (Å²) in [6.45, 7) is 0. The Morgan fingerprint density at radius 2 is 1.03 bits per heavy atom. The van der Waals surface area contributed by atoms with Crippen molar-refractivity contribution >= 4 is 56.1 Å². The number of thiazole rings is 2. The van der Waals surface area contributed by atoms with Gasteiger partial charge in [-0.3, -0.25) is 40.5 Å². The SMILES string of the molecule is O=C(Nc1nc(-c2csc(NC(=O)c3ccc([N+](=O)[O-])cc3)n2)cs1)c1ccc([N+](=O)[O-])cc1. The van der Waals surface area contributed by atoms with Gasteiger partial charge >= 0.3 is 0 Å². The van der Waals surface area contributed by atoms with E-state index in [1.807, 2.05) is 0 Å². The van der Waals surface area contributed by atoms with E-state index in [4.69, 9.17) is 0 Å². The molecule has 0 radical (unpaired) electrons. The monoisotopic (exact) mass is 496 g/mol. The maximum atomic E-state index is 12.3. The molecule has 0 spiro atoms. The predicted molar refractivity (Wildman–Crippen MR) is 125 cm³/mol. The molecule has 0 aliphatic heterocycles. The Kier molecular flexibility index (Phi) is 6.33. The minimum Gasteiger partial charge on any atom is -0.298 e. The van der Waals surface area contributed by atoms with Crippen LogP contribution in [0.25, 0.3) is 11.4 Å². The average Bonchev–Trinajstić information content (AvgIpc) is 3.48. The molecule has 4 rings (SSSR count). The van der Waals surface area contributed by atoms with Crippen LogP contribution in [0.15, 0.2) is 59.3 Å². The number of carbonyl (C=O) groups is 2. The van der Waals surface area contributed by atoms with Crippen LogP contribution in [0, 0.1) is 20.2 Å². The highest BCUT2D eigenvalue weighted by molar-refractivity contribution is 7.15. The Labute approximate surface area is 198 Å². The molecule has 0 unspecified atom stereocenters. The van der Waals surface area contributed by atoms with Gasteiger partial charge < -0.3 is 0 Å². The van der Waals surface area contributed by atoms with E-state index in [9.17, 15) is 29.8 Å². The zero-order valence-electron chi connectivity index (χ0n) is 16.8. The largest absolute Gasteiger partial charge is 0.298 e. The summed E-state index contributed by atoms with van der Waals surface area (Å²) in [5, 5.41) is 30.7. The molecule has 2 aromatic heterocycles. The molecule has 2 heterocycles. The highest BCUT2D eigenvalue weighted by Gasteiger charge is 2.15. The van der Waals surface area contributed by atoms with Gasteiger partial charge in [0.15, 0.2) is 10.3 Å². The summed E-state index contributed by atoms with van der Waals surface area (Å²) < 4.78 is 0. The maximum absolute atomic E-state index is 12.3. The molecule has 14 heteroatoms. The number of hydrogen-bond acceptors (Lipinski definition) is 10. The van der Waals surface area contributed by atoms with Crippen molar-refractivity contribution in [1.29, 1.82) is 0 Å². The molecule has 2 aromatic carbocycles. The first-order valence-corrected chi connectivity index (χ1v) is 11.1. The van der Waals surface area contributed by atoms with E-state index in [2.05, 4.69) is 20.6 Å². The van der Waals surface area contributed by atoms with Gasteiger partial charge in [0.05, 0.1) is 9.85 Å². The van der Waals surface area contributed by atoms with Crippen molar-refractivity contribution in [2.24, 2.45) is 0 Å². The number of carbonyl (C=O) groups excluding carboxylic acids is 2. The van der Waals surface area contributed by atoms with E-state index in [1.165, 1.54) is 71.2 Å². The summed E-state index contributed by atoms with van der Waals surface area (Å²) in [6, 6.07) is 10.4. The molecule has 0 atom stereocenters. The molecule has 34 heavy (non-hydrogen) atoms. The molecule has 170 valence electrons. The van der Waals surface area contributed by atoms with Crippen LogP contribution < -0.4 is 10.6 Å². The quantitative estimate of drug-likeness (QED) is 0.276. The molecule has 4 aromatic rings. The number of anilines is 2. The van der Waals surface area contributed by atoms with Crippen molar-refractivity contribution in [2.75, 3.05) is 10.6 Å². The second kappa shape index (κ2) is 9.51. The van der Waals surface area contributed by atoms with Crippen LogP contribution in [0.5, 0.6) is 0 Å². The van der Waals surface area contributed by atoms with Gasteiger partial charge in [-0.15, -0.1) is 22.7 Å². The van der Waals surface area contributed by atoms with Gasteiger partial charge in [-0.2, -0.15) is 0 Å². The van der Waals surface area contributed by atoms with Crippen molar-refractivity contribution in [3.63, 3.8) is 0 Å². The van der Waals surface area contributed by atoms with Gasteiger partial charge in [-0.05, 0) is 24.3 Å². The Hall–Kier alpha value is -4.56. The molecule has 0 bridgehead atoms. The van der Waals surface area contributed by atoms with E-state index in [-0.39, 0.29) is 22.5 Å². The fourth-order valence-electron chi connectivity index (χ4n) is 2.71. The standard InChI is InChI=1S/C20H12N6O6S2/c27-17(11-1-5-13(6-2-11)25(29)30)23-19-21-15(9-33-19)16-10-34-20(22-16)24-18(28)12-3-7-14(8-4-12)26(31)32/h1-10H,(H,21,23,27)(H,22,24,28). The topological polar surface area (TPSA) is 170 Å². The summed E-state index contributed by atoms with van der Waals surface area (Å²) in [5.74, 6) is -0.935. The normalized spacial score (nSPS) is 10.5. The van der Waals surface area contributed by atoms with E-state index >= 15 is 0 Å². The number of nitro benzene ring substituents is 2. The lowest BCUT2D eigenvalue weighted by Gasteiger charge is -2.01. The minimum atomic E-state index is -0.550. The number of nitro groups is 2. The second-order valence-corrected chi connectivity index (χ2v) is 8.31. The van der Waals surface area contributed by atoms with E-state index in [0.29, 0.717) is 21.7 Å². The van der Waals surface area contributed by atoms with Gasteiger partial charge in [0.1, 0.15) is 11.4 Å². The van der Waals surface area contributed by atoms with Crippen LogP contribution in [0.2, 0.25) is 0 Å². The Balaban J connectivity index is 1.40. The molecule has 0 aliphatic rings. The average molecular weight is 496 g/mol. The molecule has 12 nitrogen and oxygen atoms in total. The molecular formula is C20H12N6O6S2. The first-order chi connectivity index (χ1) is 16.3. The van der Waals surface area contributed by atoms with E-state index in [1.54, 1.807) is 10.8 Å². The van der Waals surface area contributed by atoms with Crippen LogP contribution in [0.4, 0.5) is 21.6 Å². The fraction of sp³-hybridized carbons (Fsp3) is 0. The van der Waals surface area contributed by atoms with Crippen LogP contribution in [0.1, 0.15) is 20.7 Å². The summed E-state index contributed by atoms with van der Waals surface area (Å²) in [6.07, 6.45) is 0. The summed E-state index contributed by atoms with van der Waals surface area (Å²) >= 11 is 2.34. The Morgan fingerprint density at radius 1 is 0.676 bits per heavy atom. The van der Waals surface area contributed by atoms with Crippen molar-refractivity contribution < 1.29 is 19.4 Å².